The molecule has 4 amide bonds. The van der Waals surface area contributed by atoms with E-state index in [2.05, 4.69) is 38.5 Å². The van der Waals surface area contributed by atoms with Crippen LogP contribution in [-0.2, 0) is 20.9 Å². The molecule has 3 N–H and O–H groups in total. The molecule has 9 nitrogen and oxygen atoms in total. The number of aromatic nitrogens is 1. The van der Waals surface area contributed by atoms with Gasteiger partial charge in [0.25, 0.3) is 5.91 Å². The first kappa shape index (κ1) is 23.0. The largest absolute Gasteiger partial charge is 0.354 e. The minimum Gasteiger partial charge on any atom is -0.354 e. The Balaban J connectivity index is 1.37. The SMILES string of the molecule is C=CC(=O)N1CC(NC(=O)Cn2cc(C(=O)NCCNC(=O)C3CC3)c3cc(Br)ccc32)C1. The summed E-state index contributed by atoms with van der Waals surface area (Å²) in [5.74, 6) is -0.437. The zero-order valence-corrected chi connectivity index (χ0v) is 19.7. The summed E-state index contributed by atoms with van der Waals surface area (Å²) in [6, 6.07) is 5.47. The molecular formula is C23H26BrN5O4. The van der Waals surface area contributed by atoms with Crippen LogP contribution in [0.4, 0.5) is 0 Å². The Bertz CT molecular complexity index is 1120. The number of fused-ring (bicyclic) bond motifs is 1. The molecule has 0 unspecified atom stereocenters. The maximum atomic E-state index is 12.8. The van der Waals surface area contributed by atoms with Crippen LogP contribution in [0, 0.1) is 5.92 Å². The van der Waals surface area contributed by atoms with Gasteiger partial charge in [-0.2, -0.15) is 0 Å². The van der Waals surface area contributed by atoms with Crippen LogP contribution < -0.4 is 16.0 Å². The van der Waals surface area contributed by atoms with Gasteiger partial charge in [0.15, 0.2) is 0 Å². The normalized spacial score (nSPS) is 15.6. The van der Waals surface area contributed by atoms with Crippen molar-refractivity contribution < 1.29 is 19.2 Å². The maximum absolute atomic E-state index is 12.8. The van der Waals surface area contributed by atoms with Crippen molar-refractivity contribution in [2.75, 3.05) is 26.2 Å². The van der Waals surface area contributed by atoms with E-state index < -0.39 is 0 Å². The second-order valence-electron chi connectivity index (χ2n) is 8.37. The summed E-state index contributed by atoms with van der Waals surface area (Å²) >= 11 is 3.44. The van der Waals surface area contributed by atoms with E-state index in [-0.39, 0.29) is 42.1 Å². The third kappa shape index (κ3) is 5.44. The first-order valence-electron chi connectivity index (χ1n) is 10.9. The van der Waals surface area contributed by atoms with Crippen LogP contribution in [-0.4, -0.2) is 65.3 Å². The maximum Gasteiger partial charge on any atom is 0.253 e. The number of nitrogens with zero attached hydrogens (tertiary/aromatic N) is 2. The molecule has 2 aliphatic rings. The molecule has 0 spiro atoms. The second-order valence-corrected chi connectivity index (χ2v) is 9.28. The van der Waals surface area contributed by atoms with Crippen LogP contribution in [0.2, 0.25) is 0 Å². The Kier molecular flexibility index (Phi) is 6.83. The van der Waals surface area contributed by atoms with Crippen LogP contribution in [0.5, 0.6) is 0 Å². The molecule has 4 rings (SSSR count). The van der Waals surface area contributed by atoms with E-state index in [4.69, 9.17) is 0 Å². The topological polar surface area (TPSA) is 113 Å². The van der Waals surface area contributed by atoms with Crippen molar-refractivity contribution in [2.24, 2.45) is 5.92 Å². The third-order valence-corrected chi connectivity index (χ3v) is 6.29. The molecule has 1 aromatic heterocycles. The van der Waals surface area contributed by atoms with Crippen LogP contribution >= 0.6 is 15.9 Å². The summed E-state index contributed by atoms with van der Waals surface area (Å²) in [6.07, 6.45) is 4.80. The standard InChI is InChI=1S/C23H26BrN5O4/c1-2-21(31)29-10-16(11-29)27-20(30)13-28-12-18(17-9-15(24)5-6-19(17)28)23(33)26-8-7-25-22(32)14-3-4-14/h2,5-6,9,12,14,16H,1,3-4,7-8,10-11,13H2,(H,25,32)(H,26,33)(H,27,30). The fourth-order valence-electron chi connectivity index (χ4n) is 3.83. The Morgan fingerprint density at radius 3 is 2.55 bits per heavy atom. The van der Waals surface area contributed by atoms with Gasteiger partial charge in [0, 0.05) is 53.7 Å². The van der Waals surface area contributed by atoms with Gasteiger partial charge in [-0.1, -0.05) is 22.5 Å². The van der Waals surface area contributed by atoms with Gasteiger partial charge in [-0.15, -0.1) is 0 Å². The Hall–Kier alpha value is -3.14. The lowest BCUT2D eigenvalue weighted by molar-refractivity contribution is -0.133. The molecule has 1 saturated carbocycles. The van der Waals surface area contributed by atoms with Crippen LogP contribution in [0.3, 0.4) is 0 Å². The predicted octanol–water partition coefficient (Wildman–Crippen LogP) is 1.17. The third-order valence-electron chi connectivity index (χ3n) is 5.79. The van der Waals surface area contributed by atoms with E-state index in [1.165, 1.54) is 6.08 Å². The van der Waals surface area contributed by atoms with Crippen molar-refractivity contribution in [1.82, 2.24) is 25.4 Å². The number of amides is 4. The van der Waals surface area contributed by atoms with Crippen molar-refractivity contribution in [3.63, 3.8) is 0 Å². The zero-order chi connectivity index (χ0) is 23.5. The number of nitrogens with one attached hydrogen (secondary N) is 3. The summed E-state index contributed by atoms with van der Waals surface area (Å²) in [6.45, 7) is 5.12. The van der Waals surface area contributed by atoms with Gasteiger partial charge in [0.1, 0.15) is 6.54 Å². The molecule has 2 heterocycles. The number of hydrogen-bond donors (Lipinski definition) is 3. The minimum absolute atomic E-state index is 0.0410. The number of likely N-dealkylation sites (tertiary alicyclic amines) is 1. The summed E-state index contributed by atoms with van der Waals surface area (Å²) in [5.41, 5.74) is 1.22. The van der Waals surface area contributed by atoms with Crippen molar-refractivity contribution >= 4 is 50.5 Å². The van der Waals surface area contributed by atoms with Crippen molar-refractivity contribution in [3.05, 3.63) is 47.1 Å². The van der Waals surface area contributed by atoms with E-state index >= 15 is 0 Å². The molecule has 1 aromatic carbocycles. The molecule has 1 aliphatic heterocycles. The Morgan fingerprint density at radius 1 is 1.12 bits per heavy atom. The van der Waals surface area contributed by atoms with Gasteiger partial charge in [0.2, 0.25) is 17.7 Å². The first-order chi connectivity index (χ1) is 15.9. The summed E-state index contributed by atoms with van der Waals surface area (Å²) in [7, 11) is 0. The molecular weight excluding hydrogens is 490 g/mol. The van der Waals surface area contributed by atoms with Gasteiger partial charge < -0.3 is 25.4 Å². The highest BCUT2D eigenvalue weighted by molar-refractivity contribution is 9.10. The smallest absolute Gasteiger partial charge is 0.253 e. The fraction of sp³-hybridized carbons (Fsp3) is 0.391. The highest BCUT2D eigenvalue weighted by atomic mass is 79.9. The van der Waals surface area contributed by atoms with Gasteiger partial charge >= 0.3 is 0 Å². The lowest BCUT2D eigenvalue weighted by Gasteiger charge is -2.38. The minimum atomic E-state index is -0.268. The second kappa shape index (κ2) is 9.78. The zero-order valence-electron chi connectivity index (χ0n) is 18.1. The van der Waals surface area contributed by atoms with Gasteiger partial charge in [-0.05, 0) is 37.1 Å². The van der Waals surface area contributed by atoms with E-state index in [0.717, 1.165) is 28.2 Å². The van der Waals surface area contributed by atoms with Gasteiger partial charge in [-0.25, -0.2) is 0 Å². The summed E-state index contributed by atoms with van der Waals surface area (Å²) in [5, 5.41) is 9.30. The molecule has 2 aromatic rings. The van der Waals surface area contributed by atoms with E-state index in [0.29, 0.717) is 31.7 Å². The van der Waals surface area contributed by atoms with Crippen LogP contribution in [0.15, 0.2) is 41.5 Å². The van der Waals surface area contributed by atoms with E-state index in [1.54, 1.807) is 15.7 Å². The lowest BCUT2D eigenvalue weighted by Crippen LogP contribution is -2.61. The molecule has 2 fully saturated rings. The molecule has 0 bridgehead atoms. The van der Waals surface area contributed by atoms with Crippen molar-refractivity contribution in [1.29, 1.82) is 0 Å². The van der Waals surface area contributed by atoms with Gasteiger partial charge in [-0.3, -0.25) is 19.2 Å². The molecule has 0 atom stereocenters. The lowest BCUT2D eigenvalue weighted by atomic mass is 10.1. The molecule has 0 radical (unpaired) electrons. The number of carbonyl (C=O) groups excluding carboxylic acids is 4. The quantitative estimate of drug-likeness (QED) is 0.343. The highest BCUT2D eigenvalue weighted by Gasteiger charge is 2.31. The predicted molar refractivity (Wildman–Crippen MR) is 126 cm³/mol. The van der Waals surface area contributed by atoms with Gasteiger partial charge in [0.05, 0.1) is 11.6 Å². The first-order valence-corrected chi connectivity index (χ1v) is 11.7. The molecule has 33 heavy (non-hydrogen) atoms. The number of halogens is 1. The van der Waals surface area contributed by atoms with Crippen LogP contribution in [0.1, 0.15) is 23.2 Å². The number of carbonyl (C=O) groups is 4. The van der Waals surface area contributed by atoms with E-state index in [1.807, 2.05) is 18.2 Å². The molecule has 10 heteroatoms. The number of rotatable bonds is 9. The fourth-order valence-corrected chi connectivity index (χ4v) is 4.20. The van der Waals surface area contributed by atoms with Crippen LogP contribution in [0.25, 0.3) is 10.9 Å². The summed E-state index contributed by atoms with van der Waals surface area (Å²) < 4.78 is 2.57. The van der Waals surface area contributed by atoms with Crippen molar-refractivity contribution in [3.8, 4) is 0 Å². The number of benzene rings is 1. The average molecular weight is 516 g/mol. The highest BCUT2D eigenvalue weighted by Crippen LogP contribution is 2.28. The molecule has 1 saturated heterocycles. The van der Waals surface area contributed by atoms with Crippen molar-refractivity contribution in [2.45, 2.75) is 25.4 Å². The molecule has 174 valence electrons. The monoisotopic (exact) mass is 515 g/mol. The number of hydrogen-bond acceptors (Lipinski definition) is 4. The average Bonchev–Trinajstić information content (AvgIpc) is 3.56. The summed E-state index contributed by atoms with van der Waals surface area (Å²) in [4.78, 5) is 50.3. The molecule has 1 aliphatic carbocycles. The van der Waals surface area contributed by atoms with E-state index in [9.17, 15) is 19.2 Å². The Morgan fingerprint density at radius 2 is 1.85 bits per heavy atom. The Labute approximate surface area is 199 Å².